The second kappa shape index (κ2) is 4.04. The molecular formula is C12H24N2O. The molecule has 0 saturated carbocycles. The Kier molecular flexibility index (Phi) is 3.06. The molecule has 2 aliphatic rings. The van der Waals surface area contributed by atoms with E-state index < -0.39 is 0 Å². The van der Waals surface area contributed by atoms with Crippen molar-refractivity contribution in [2.45, 2.75) is 32.8 Å². The van der Waals surface area contributed by atoms with Crippen LogP contribution in [-0.2, 0) is 4.74 Å². The molecule has 3 nitrogen and oxygen atoms in total. The first kappa shape index (κ1) is 11.4. The molecular weight excluding hydrogens is 188 g/mol. The van der Waals surface area contributed by atoms with Crippen LogP contribution in [0.25, 0.3) is 0 Å². The van der Waals surface area contributed by atoms with Gasteiger partial charge in [0.05, 0.1) is 12.2 Å². The van der Waals surface area contributed by atoms with Gasteiger partial charge in [0.2, 0.25) is 0 Å². The summed E-state index contributed by atoms with van der Waals surface area (Å²) in [6.45, 7) is 13.4. The molecule has 1 N–H and O–H groups in total. The van der Waals surface area contributed by atoms with Crippen molar-refractivity contribution in [1.29, 1.82) is 0 Å². The number of rotatable bonds is 4. The van der Waals surface area contributed by atoms with Crippen LogP contribution in [0.15, 0.2) is 0 Å². The highest BCUT2D eigenvalue weighted by atomic mass is 16.5. The molecule has 0 aromatic rings. The van der Waals surface area contributed by atoms with E-state index >= 15 is 0 Å². The van der Waals surface area contributed by atoms with Crippen LogP contribution in [0.1, 0.15) is 27.2 Å². The largest absolute Gasteiger partial charge is 0.371 e. The highest BCUT2D eigenvalue weighted by molar-refractivity contribution is 4.90. The van der Waals surface area contributed by atoms with E-state index in [9.17, 15) is 0 Å². The summed E-state index contributed by atoms with van der Waals surface area (Å²) in [5, 5.41) is 3.25. The third kappa shape index (κ3) is 2.92. The zero-order chi connectivity index (χ0) is 10.9. The van der Waals surface area contributed by atoms with Gasteiger partial charge in [0, 0.05) is 26.2 Å². The van der Waals surface area contributed by atoms with Gasteiger partial charge >= 0.3 is 0 Å². The first-order valence-corrected chi connectivity index (χ1v) is 6.06. The van der Waals surface area contributed by atoms with Crippen LogP contribution in [0.4, 0.5) is 0 Å². The molecule has 0 atom stereocenters. The molecule has 0 aromatic carbocycles. The lowest BCUT2D eigenvalue weighted by Crippen LogP contribution is -2.59. The summed E-state index contributed by atoms with van der Waals surface area (Å²) in [7, 11) is 0. The summed E-state index contributed by atoms with van der Waals surface area (Å²) in [6, 6.07) is 0. The number of nitrogens with zero attached hydrogens (tertiary/aromatic N) is 1. The molecule has 2 aliphatic heterocycles. The molecule has 0 aromatic heterocycles. The average molecular weight is 212 g/mol. The van der Waals surface area contributed by atoms with Gasteiger partial charge in [-0.1, -0.05) is 13.8 Å². The quantitative estimate of drug-likeness (QED) is 0.755. The standard InChI is InChI=1S/C12H24N2O/c1-11(2)4-5-14(10-11)6-7-15-12(3)8-13-9-12/h13H,4-10H2,1-3H3. The Labute approximate surface area is 93.2 Å². The lowest BCUT2D eigenvalue weighted by atomic mass is 9.93. The van der Waals surface area contributed by atoms with E-state index in [1.54, 1.807) is 0 Å². The van der Waals surface area contributed by atoms with Gasteiger partial charge in [0.1, 0.15) is 0 Å². The molecule has 0 spiro atoms. The molecule has 0 amide bonds. The van der Waals surface area contributed by atoms with E-state index in [2.05, 4.69) is 31.0 Å². The number of hydrogen-bond acceptors (Lipinski definition) is 3. The number of ether oxygens (including phenoxy) is 1. The van der Waals surface area contributed by atoms with Crippen molar-refractivity contribution in [3.05, 3.63) is 0 Å². The lowest BCUT2D eigenvalue weighted by Gasteiger charge is -2.39. The van der Waals surface area contributed by atoms with Crippen LogP contribution >= 0.6 is 0 Å². The highest BCUT2D eigenvalue weighted by Crippen LogP contribution is 2.28. The van der Waals surface area contributed by atoms with Gasteiger partial charge in [-0.05, 0) is 25.3 Å². The van der Waals surface area contributed by atoms with Crippen LogP contribution in [-0.4, -0.2) is 49.8 Å². The van der Waals surface area contributed by atoms with Gasteiger partial charge in [-0.2, -0.15) is 0 Å². The van der Waals surface area contributed by atoms with Crippen LogP contribution in [0.2, 0.25) is 0 Å². The topological polar surface area (TPSA) is 24.5 Å². The van der Waals surface area contributed by atoms with Gasteiger partial charge in [0.25, 0.3) is 0 Å². The Bertz CT molecular complexity index is 224. The minimum atomic E-state index is 0.120. The van der Waals surface area contributed by atoms with Crippen molar-refractivity contribution in [2.24, 2.45) is 5.41 Å². The van der Waals surface area contributed by atoms with Crippen molar-refractivity contribution >= 4 is 0 Å². The summed E-state index contributed by atoms with van der Waals surface area (Å²) in [6.07, 6.45) is 1.33. The van der Waals surface area contributed by atoms with Crippen molar-refractivity contribution in [1.82, 2.24) is 10.2 Å². The molecule has 2 rings (SSSR count). The first-order valence-electron chi connectivity index (χ1n) is 6.06. The van der Waals surface area contributed by atoms with Crippen LogP contribution in [0.3, 0.4) is 0 Å². The molecule has 0 bridgehead atoms. The molecule has 2 heterocycles. The van der Waals surface area contributed by atoms with Crippen molar-refractivity contribution in [3.63, 3.8) is 0 Å². The summed E-state index contributed by atoms with van der Waals surface area (Å²) in [4.78, 5) is 2.52. The molecule has 0 unspecified atom stereocenters. The molecule has 2 fully saturated rings. The van der Waals surface area contributed by atoms with E-state index in [-0.39, 0.29) is 5.60 Å². The Morgan fingerprint density at radius 3 is 2.47 bits per heavy atom. The molecule has 3 heteroatoms. The maximum Gasteiger partial charge on any atom is 0.0902 e. The van der Waals surface area contributed by atoms with E-state index in [1.165, 1.54) is 19.5 Å². The number of hydrogen-bond donors (Lipinski definition) is 1. The summed E-state index contributed by atoms with van der Waals surface area (Å²) < 4.78 is 5.89. The maximum atomic E-state index is 5.89. The predicted molar refractivity (Wildman–Crippen MR) is 62.1 cm³/mol. The molecule has 15 heavy (non-hydrogen) atoms. The van der Waals surface area contributed by atoms with Gasteiger partial charge in [-0.25, -0.2) is 0 Å². The smallest absolute Gasteiger partial charge is 0.0902 e. The van der Waals surface area contributed by atoms with Crippen molar-refractivity contribution < 1.29 is 4.74 Å². The van der Waals surface area contributed by atoms with Crippen molar-refractivity contribution in [2.75, 3.05) is 39.3 Å². The monoisotopic (exact) mass is 212 g/mol. The third-order valence-electron chi connectivity index (χ3n) is 3.61. The van der Waals surface area contributed by atoms with Gasteiger partial charge in [-0.3, -0.25) is 0 Å². The normalized spacial score (nSPS) is 29.0. The van der Waals surface area contributed by atoms with Gasteiger partial charge in [-0.15, -0.1) is 0 Å². The Morgan fingerprint density at radius 2 is 2.00 bits per heavy atom. The Hall–Kier alpha value is -0.120. The summed E-state index contributed by atoms with van der Waals surface area (Å²) >= 11 is 0. The fourth-order valence-electron chi connectivity index (χ4n) is 2.42. The van der Waals surface area contributed by atoms with Crippen molar-refractivity contribution in [3.8, 4) is 0 Å². The average Bonchev–Trinajstić information content (AvgIpc) is 2.43. The minimum Gasteiger partial charge on any atom is -0.371 e. The summed E-state index contributed by atoms with van der Waals surface area (Å²) in [5.74, 6) is 0. The Balaban J connectivity index is 1.62. The highest BCUT2D eigenvalue weighted by Gasteiger charge is 2.33. The maximum absolute atomic E-state index is 5.89. The molecule has 0 radical (unpaired) electrons. The van der Waals surface area contributed by atoms with E-state index in [1.807, 2.05) is 0 Å². The van der Waals surface area contributed by atoms with Gasteiger partial charge < -0.3 is 15.0 Å². The fraction of sp³-hybridized carbons (Fsp3) is 1.00. The van der Waals surface area contributed by atoms with Gasteiger partial charge in [0.15, 0.2) is 0 Å². The molecule has 88 valence electrons. The Morgan fingerprint density at radius 1 is 1.27 bits per heavy atom. The zero-order valence-corrected chi connectivity index (χ0v) is 10.3. The van der Waals surface area contributed by atoms with E-state index in [0.29, 0.717) is 5.41 Å². The number of nitrogens with one attached hydrogen (secondary N) is 1. The van der Waals surface area contributed by atoms with Crippen LogP contribution < -0.4 is 5.32 Å². The SMILES string of the molecule is CC1(C)CCN(CCOC2(C)CNC2)C1. The number of likely N-dealkylation sites (tertiary alicyclic amines) is 1. The zero-order valence-electron chi connectivity index (χ0n) is 10.3. The van der Waals surface area contributed by atoms with E-state index in [4.69, 9.17) is 4.74 Å². The van der Waals surface area contributed by atoms with Crippen LogP contribution in [0, 0.1) is 5.41 Å². The van der Waals surface area contributed by atoms with Crippen LogP contribution in [0.5, 0.6) is 0 Å². The molecule has 2 saturated heterocycles. The fourth-order valence-corrected chi connectivity index (χ4v) is 2.42. The second-order valence-corrected chi connectivity index (χ2v) is 6.09. The first-order chi connectivity index (χ1) is 6.99. The third-order valence-corrected chi connectivity index (χ3v) is 3.61. The summed E-state index contributed by atoms with van der Waals surface area (Å²) in [5.41, 5.74) is 0.636. The minimum absolute atomic E-state index is 0.120. The molecule has 0 aliphatic carbocycles. The van der Waals surface area contributed by atoms with E-state index in [0.717, 1.165) is 26.2 Å². The second-order valence-electron chi connectivity index (χ2n) is 6.09. The lowest BCUT2D eigenvalue weighted by molar-refractivity contribution is -0.0713. The predicted octanol–water partition coefficient (Wildman–Crippen LogP) is 1.10.